The van der Waals surface area contributed by atoms with Crippen molar-refractivity contribution in [1.29, 1.82) is 0 Å². The van der Waals surface area contributed by atoms with E-state index in [0.29, 0.717) is 8.84 Å². The van der Waals surface area contributed by atoms with E-state index in [4.69, 9.17) is 46.9 Å². The average Bonchev–Trinajstić information content (AvgIpc) is 2.49. The van der Waals surface area contributed by atoms with Gasteiger partial charge in [0.05, 0.1) is 0 Å². The van der Waals surface area contributed by atoms with E-state index in [-0.39, 0.29) is 4.42 Å². The van der Waals surface area contributed by atoms with Crippen molar-refractivity contribution < 1.29 is 14.4 Å². The minimum atomic E-state index is -2.15. The van der Waals surface area contributed by atoms with Gasteiger partial charge < -0.3 is 0 Å². The van der Waals surface area contributed by atoms with Crippen LogP contribution in [0.3, 0.4) is 0 Å². The summed E-state index contributed by atoms with van der Waals surface area (Å²) in [6.45, 7) is 0. The summed E-state index contributed by atoms with van der Waals surface area (Å²) in [5.74, 6) is -1.06. The third-order valence-corrected chi connectivity index (χ3v) is 3.68. The van der Waals surface area contributed by atoms with E-state index in [9.17, 15) is 14.4 Å². The normalized spacial score (nSPS) is 29.9. The van der Waals surface area contributed by atoms with Crippen LogP contribution in [-0.2, 0) is 4.79 Å². The molecule has 1 unspecified atom stereocenters. The molecule has 0 bridgehead atoms. The summed E-state index contributed by atoms with van der Waals surface area (Å²) in [4.78, 5) is 37.3. The fraction of sp³-hybridized carbons (Fsp3) is 0.200. The predicted octanol–water partition coefficient (Wildman–Crippen LogP) is 1.48. The number of hydrogen-bond donors (Lipinski definition) is 0. The molecule has 0 aromatic rings. The molecule has 0 aliphatic carbocycles. The molecule has 2 rings (SSSR count). The van der Waals surface area contributed by atoms with Crippen LogP contribution in [0.4, 0.5) is 9.59 Å². The van der Waals surface area contributed by atoms with E-state index < -0.39 is 28.8 Å². The van der Waals surface area contributed by atoms with Crippen LogP contribution in [0.15, 0.2) is 4.99 Å². The zero-order chi connectivity index (χ0) is 12.2. The van der Waals surface area contributed by atoms with Crippen molar-refractivity contribution in [3.63, 3.8) is 0 Å². The van der Waals surface area contributed by atoms with Crippen LogP contribution in [0, 0.1) is 0 Å². The number of carbonyl (C=O) groups is 3. The average molecular weight is 306 g/mol. The lowest BCUT2D eigenvalue weighted by Gasteiger charge is -2.38. The quantitative estimate of drug-likeness (QED) is 0.386. The van der Waals surface area contributed by atoms with Crippen LogP contribution in [-0.4, -0.2) is 42.1 Å². The topological polar surface area (TPSA) is 73.3 Å². The van der Waals surface area contributed by atoms with Gasteiger partial charge in [0.25, 0.3) is 11.0 Å². The number of urea groups is 2. The van der Waals surface area contributed by atoms with Crippen molar-refractivity contribution in [1.82, 2.24) is 13.3 Å². The minimum Gasteiger partial charge on any atom is -0.266 e. The van der Waals surface area contributed by atoms with Crippen molar-refractivity contribution >= 4 is 70.6 Å². The number of nitrogens with zero attached hydrogens (tertiary/aromatic N) is 4. The Bertz CT molecular complexity index is 453. The monoisotopic (exact) mass is 304 g/mol. The molecule has 1 fully saturated rings. The first-order chi connectivity index (χ1) is 7.31. The number of amides is 5. The second-order valence-electron chi connectivity index (χ2n) is 2.76. The fourth-order valence-electron chi connectivity index (χ4n) is 1.17. The second-order valence-corrected chi connectivity index (χ2v) is 4.30. The van der Waals surface area contributed by atoms with Crippen LogP contribution >= 0.6 is 46.9 Å². The highest BCUT2D eigenvalue weighted by atomic mass is 35.5. The van der Waals surface area contributed by atoms with E-state index in [1.807, 2.05) is 0 Å². The Hall–Kier alpha value is -0.760. The highest BCUT2D eigenvalue weighted by Crippen LogP contribution is 2.40. The number of halogens is 4. The Morgan fingerprint density at radius 1 is 1.06 bits per heavy atom. The molecule has 2 aliphatic heterocycles. The van der Waals surface area contributed by atoms with Gasteiger partial charge >= 0.3 is 12.1 Å². The molecule has 2 aliphatic rings. The molecule has 0 N–H and O–H groups in total. The van der Waals surface area contributed by atoms with E-state index in [1.165, 1.54) is 0 Å². The first-order valence-corrected chi connectivity index (χ1v) is 4.99. The smallest absolute Gasteiger partial charge is 0.266 e. The molecular weight excluding hydrogens is 306 g/mol. The lowest BCUT2D eigenvalue weighted by Crippen LogP contribution is -2.64. The van der Waals surface area contributed by atoms with E-state index in [2.05, 4.69) is 4.99 Å². The zero-order valence-electron chi connectivity index (χ0n) is 7.03. The van der Waals surface area contributed by atoms with Crippen LogP contribution in [0.5, 0.6) is 0 Å². The highest BCUT2D eigenvalue weighted by Gasteiger charge is 2.62. The minimum absolute atomic E-state index is 0.149. The molecule has 2 heterocycles. The molecule has 1 saturated heterocycles. The summed E-state index contributed by atoms with van der Waals surface area (Å²) in [7, 11) is 0. The summed E-state index contributed by atoms with van der Waals surface area (Å²) in [5.41, 5.74) is -0.543. The van der Waals surface area contributed by atoms with Gasteiger partial charge in [0.1, 0.15) is 0 Å². The lowest BCUT2D eigenvalue weighted by atomic mass is 10.2. The van der Waals surface area contributed by atoms with E-state index >= 15 is 0 Å². The fourth-order valence-corrected chi connectivity index (χ4v) is 2.09. The number of rotatable bonds is 0. The summed E-state index contributed by atoms with van der Waals surface area (Å²) in [6, 6.07) is -2.16. The lowest BCUT2D eigenvalue weighted by molar-refractivity contribution is -0.119. The maximum absolute atomic E-state index is 11.5. The molecule has 11 heteroatoms. The molecule has 0 radical (unpaired) electrons. The number of hydrogen-bond acceptors (Lipinski definition) is 3. The predicted molar refractivity (Wildman–Crippen MR) is 54.9 cm³/mol. The Morgan fingerprint density at radius 3 is 2.19 bits per heavy atom. The first kappa shape index (κ1) is 11.7. The van der Waals surface area contributed by atoms with Gasteiger partial charge in [0, 0.05) is 35.3 Å². The Balaban J connectivity index is 2.60. The zero-order valence-corrected chi connectivity index (χ0v) is 10.0. The Morgan fingerprint density at radius 2 is 1.62 bits per heavy atom. The number of imide groups is 1. The summed E-state index contributed by atoms with van der Waals surface area (Å²) in [5, 5.41) is -2.15. The number of alkyl halides is 1. The van der Waals surface area contributed by atoms with E-state index in [1.54, 1.807) is 0 Å². The van der Waals surface area contributed by atoms with Gasteiger partial charge in [0.15, 0.2) is 5.71 Å². The number of fused-ring (bicyclic) bond motifs is 1. The van der Waals surface area contributed by atoms with Crippen molar-refractivity contribution in [2.45, 2.75) is 5.12 Å². The molecule has 16 heavy (non-hydrogen) atoms. The molecule has 0 saturated carbocycles. The van der Waals surface area contributed by atoms with Crippen molar-refractivity contribution in [3.05, 3.63) is 0 Å². The summed E-state index contributed by atoms with van der Waals surface area (Å²) >= 11 is 22.2. The van der Waals surface area contributed by atoms with Crippen LogP contribution in [0.2, 0.25) is 0 Å². The van der Waals surface area contributed by atoms with Crippen molar-refractivity contribution in [3.8, 4) is 0 Å². The van der Waals surface area contributed by atoms with E-state index in [0.717, 1.165) is 0 Å². The SMILES string of the molecule is O=C1C2=NC(=O)N(Cl)C2(Cl)N(Cl)C(=O)N1Cl. The van der Waals surface area contributed by atoms with Crippen LogP contribution in [0.1, 0.15) is 0 Å². The number of carbonyl (C=O) groups excluding carboxylic acids is 3. The molecule has 0 aromatic carbocycles. The summed E-state index contributed by atoms with van der Waals surface area (Å²) < 4.78 is 0.784. The standard InChI is InChI=1S/C5Cl4N4O3/c6-5-1(10-3(15)12(5)8)2(14)11(7)4(16)13(5)9. The van der Waals surface area contributed by atoms with Crippen LogP contribution in [0.25, 0.3) is 0 Å². The van der Waals surface area contributed by atoms with Gasteiger partial charge in [-0.2, -0.15) is 18.2 Å². The second kappa shape index (κ2) is 3.36. The van der Waals surface area contributed by atoms with Gasteiger partial charge in [-0.1, -0.05) is 11.6 Å². The van der Waals surface area contributed by atoms with Crippen molar-refractivity contribution in [2.75, 3.05) is 0 Å². The molecule has 7 nitrogen and oxygen atoms in total. The molecule has 86 valence electrons. The molecular formula is C5Cl4N4O3. The van der Waals surface area contributed by atoms with Gasteiger partial charge in [-0.3, -0.25) is 4.79 Å². The van der Waals surface area contributed by atoms with Gasteiger partial charge in [0.2, 0.25) is 0 Å². The Kier molecular flexibility index (Phi) is 2.46. The van der Waals surface area contributed by atoms with Crippen LogP contribution < -0.4 is 0 Å². The third kappa shape index (κ3) is 1.17. The Labute approximate surface area is 108 Å². The first-order valence-electron chi connectivity index (χ1n) is 3.60. The molecule has 0 aromatic heterocycles. The van der Waals surface area contributed by atoms with Gasteiger partial charge in [-0.15, -0.1) is 0 Å². The molecule has 0 spiro atoms. The third-order valence-electron chi connectivity index (χ3n) is 1.91. The largest absolute Gasteiger partial charge is 0.362 e. The van der Waals surface area contributed by atoms with Gasteiger partial charge in [-0.05, 0) is 0 Å². The van der Waals surface area contributed by atoms with Gasteiger partial charge in [-0.25, -0.2) is 9.59 Å². The maximum Gasteiger partial charge on any atom is 0.362 e. The summed E-state index contributed by atoms with van der Waals surface area (Å²) in [6.07, 6.45) is 0. The maximum atomic E-state index is 11.5. The highest BCUT2D eigenvalue weighted by molar-refractivity contribution is 6.65. The molecule has 5 amide bonds. The number of aliphatic imine (C=N–C) groups is 1. The molecule has 1 atom stereocenters. The van der Waals surface area contributed by atoms with Crippen molar-refractivity contribution in [2.24, 2.45) is 4.99 Å².